The normalized spacial score (nSPS) is 14.6. The number of ether oxygens (including phenoxy) is 1. The molecule has 1 aliphatic rings. The molecule has 0 saturated carbocycles. The first kappa shape index (κ1) is 24.6. The van der Waals surface area contributed by atoms with Crippen molar-refractivity contribution in [3.63, 3.8) is 0 Å². The molecule has 0 bridgehead atoms. The first-order valence-corrected chi connectivity index (χ1v) is 12.2. The second-order valence-electron chi connectivity index (χ2n) is 9.29. The summed E-state index contributed by atoms with van der Waals surface area (Å²) in [5, 5.41) is 19.0. The number of carbonyl (C=O) groups excluding carboxylic acids is 1. The van der Waals surface area contributed by atoms with Crippen molar-refractivity contribution >= 4 is 11.6 Å². The van der Waals surface area contributed by atoms with E-state index in [0.717, 1.165) is 37.4 Å². The number of rotatable bonds is 8. The van der Waals surface area contributed by atoms with Gasteiger partial charge in [-0.25, -0.2) is 4.39 Å². The quantitative estimate of drug-likeness (QED) is 0.393. The zero-order valence-electron chi connectivity index (χ0n) is 20.8. The maximum Gasteiger partial charge on any atom is 0.255 e. The first-order chi connectivity index (χ1) is 17.9. The molecule has 0 aliphatic carbocycles. The lowest BCUT2D eigenvalue weighted by Gasteiger charge is -2.29. The summed E-state index contributed by atoms with van der Waals surface area (Å²) in [7, 11) is 3.92. The minimum absolute atomic E-state index is 0.193. The second-order valence-corrected chi connectivity index (χ2v) is 9.29. The molecule has 2 aromatic heterocycles. The van der Waals surface area contributed by atoms with E-state index in [-0.39, 0.29) is 17.6 Å². The van der Waals surface area contributed by atoms with Gasteiger partial charge in [0.05, 0.1) is 11.9 Å². The van der Waals surface area contributed by atoms with Gasteiger partial charge in [0.1, 0.15) is 23.4 Å². The number of aromatic nitrogens is 6. The number of benzene rings is 2. The van der Waals surface area contributed by atoms with Crippen LogP contribution in [0, 0.1) is 5.82 Å². The van der Waals surface area contributed by atoms with Crippen LogP contribution < -0.4 is 10.1 Å². The van der Waals surface area contributed by atoms with Crippen molar-refractivity contribution in [2.24, 2.45) is 7.05 Å². The number of halogens is 1. The molecule has 5 rings (SSSR count). The number of nitrogens with one attached hydrogen (secondary N) is 1. The highest BCUT2D eigenvalue weighted by molar-refractivity contribution is 6.04. The molecule has 4 aromatic rings. The Hall–Kier alpha value is -4.12. The number of hydrogen-bond donors (Lipinski definition) is 1. The Morgan fingerprint density at radius 2 is 1.84 bits per heavy atom. The van der Waals surface area contributed by atoms with Gasteiger partial charge in [-0.2, -0.15) is 0 Å². The smallest absolute Gasteiger partial charge is 0.255 e. The Kier molecular flexibility index (Phi) is 7.22. The van der Waals surface area contributed by atoms with Crippen LogP contribution in [-0.4, -0.2) is 67.0 Å². The summed E-state index contributed by atoms with van der Waals surface area (Å²) in [6, 6.07) is 11.5. The molecule has 1 N–H and O–H groups in total. The molecular weight excluding hydrogens is 475 g/mol. The highest BCUT2D eigenvalue weighted by Crippen LogP contribution is 2.25. The molecule has 1 amide bonds. The molecule has 10 nitrogen and oxygen atoms in total. The number of carbonyl (C=O) groups is 1. The maximum atomic E-state index is 14.6. The van der Waals surface area contributed by atoms with E-state index in [9.17, 15) is 9.18 Å². The van der Waals surface area contributed by atoms with Gasteiger partial charge in [0, 0.05) is 56.1 Å². The van der Waals surface area contributed by atoms with Crippen molar-refractivity contribution in [1.29, 1.82) is 0 Å². The monoisotopic (exact) mass is 504 g/mol. The second kappa shape index (κ2) is 10.9. The van der Waals surface area contributed by atoms with Crippen molar-refractivity contribution in [3.8, 4) is 17.0 Å². The van der Waals surface area contributed by atoms with E-state index in [1.165, 1.54) is 12.1 Å². The molecule has 1 fully saturated rings. The summed E-state index contributed by atoms with van der Waals surface area (Å²) in [5.41, 5.74) is 2.41. The van der Waals surface area contributed by atoms with Gasteiger partial charge >= 0.3 is 0 Å². The zero-order valence-corrected chi connectivity index (χ0v) is 20.8. The van der Waals surface area contributed by atoms with Crippen LogP contribution in [-0.2, 0) is 20.0 Å². The number of aryl methyl sites for hydroxylation is 3. The summed E-state index contributed by atoms with van der Waals surface area (Å²) in [6.45, 7) is 2.56. The first-order valence-electron chi connectivity index (χ1n) is 12.2. The van der Waals surface area contributed by atoms with Gasteiger partial charge < -0.3 is 15.0 Å². The number of likely N-dealkylation sites (tertiary alicyclic amines) is 1. The largest absolute Gasteiger partial charge is 0.490 e. The summed E-state index contributed by atoms with van der Waals surface area (Å²) in [6.07, 6.45) is 6.29. The van der Waals surface area contributed by atoms with Gasteiger partial charge in [-0.1, -0.05) is 10.4 Å². The van der Waals surface area contributed by atoms with Gasteiger partial charge in [0.2, 0.25) is 0 Å². The van der Waals surface area contributed by atoms with E-state index in [2.05, 4.69) is 37.9 Å². The van der Waals surface area contributed by atoms with Crippen LogP contribution in [0.1, 0.15) is 28.9 Å². The molecular formula is C26H29FN8O2. The highest BCUT2D eigenvalue weighted by atomic mass is 19.1. The molecule has 37 heavy (non-hydrogen) atoms. The number of hydrogen-bond acceptors (Lipinski definition) is 7. The fourth-order valence-corrected chi connectivity index (χ4v) is 4.25. The Labute approximate surface area is 214 Å². The molecule has 192 valence electrons. The average Bonchev–Trinajstić information content (AvgIpc) is 3.54. The van der Waals surface area contributed by atoms with Crippen molar-refractivity contribution < 1.29 is 13.9 Å². The van der Waals surface area contributed by atoms with E-state index in [4.69, 9.17) is 4.74 Å². The van der Waals surface area contributed by atoms with Crippen LogP contribution in [0.15, 0.2) is 54.9 Å². The highest BCUT2D eigenvalue weighted by Gasteiger charge is 2.18. The van der Waals surface area contributed by atoms with E-state index in [1.807, 2.05) is 18.3 Å². The molecule has 0 spiro atoms. The number of amides is 1. The molecule has 1 aliphatic heterocycles. The third-order valence-corrected chi connectivity index (χ3v) is 6.37. The van der Waals surface area contributed by atoms with Crippen LogP contribution in [0.2, 0.25) is 0 Å². The van der Waals surface area contributed by atoms with Crippen LogP contribution in [0.25, 0.3) is 11.3 Å². The fraction of sp³-hybridized carbons (Fsp3) is 0.346. The molecule has 0 radical (unpaired) electrons. The fourth-order valence-electron chi connectivity index (χ4n) is 4.25. The maximum absolute atomic E-state index is 14.6. The van der Waals surface area contributed by atoms with E-state index in [0.29, 0.717) is 29.9 Å². The van der Waals surface area contributed by atoms with E-state index >= 15 is 0 Å². The predicted molar refractivity (Wildman–Crippen MR) is 136 cm³/mol. The molecule has 0 unspecified atom stereocenters. The average molecular weight is 505 g/mol. The van der Waals surface area contributed by atoms with Crippen molar-refractivity contribution in [1.82, 2.24) is 34.9 Å². The van der Waals surface area contributed by atoms with Crippen LogP contribution >= 0.6 is 0 Å². The minimum atomic E-state index is -0.450. The molecule has 3 heterocycles. The van der Waals surface area contributed by atoms with E-state index < -0.39 is 5.82 Å². The van der Waals surface area contributed by atoms with Gasteiger partial charge in [-0.05, 0) is 62.4 Å². The van der Waals surface area contributed by atoms with Crippen LogP contribution in [0.4, 0.5) is 10.1 Å². The van der Waals surface area contributed by atoms with Gasteiger partial charge in [0.25, 0.3) is 5.91 Å². The zero-order chi connectivity index (χ0) is 25.8. The Balaban J connectivity index is 1.21. The predicted octanol–water partition coefficient (Wildman–Crippen LogP) is 3.18. The van der Waals surface area contributed by atoms with E-state index in [1.54, 1.807) is 40.8 Å². The minimum Gasteiger partial charge on any atom is -0.490 e. The Morgan fingerprint density at radius 1 is 1.05 bits per heavy atom. The Morgan fingerprint density at radius 3 is 2.57 bits per heavy atom. The van der Waals surface area contributed by atoms with Gasteiger partial charge in [-0.15, -0.1) is 10.2 Å². The summed E-state index contributed by atoms with van der Waals surface area (Å²) in [5.74, 6) is 0.00275. The molecule has 2 aromatic carbocycles. The summed E-state index contributed by atoms with van der Waals surface area (Å²) >= 11 is 0. The number of nitrogens with zero attached hydrogens (tertiary/aromatic N) is 7. The standard InChI is InChI=1S/C26H29FN8O2/c1-33-12-10-22(11-13-33)37-21-6-3-18(4-7-21)26(36)28-19-5-8-24(27)23(15-19)25-17-35(32-30-25)14-9-20-16-34(2)31-29-20/h3-8,15-17,22H,9-14H2,1-2H3,(H,28,36). The van der Waals surface area contributed by atoms with Crippen molar-refractivity contribution in [3.05, 3.63) is 71.9 Å². The Bertz CT molecular complexity index is 1360. The molecule has 1 saturated heterocycles. The third kappa shape index (κ3) is 6.18. The van der Waals surface area contributed by atoms with Gasteiger partial charge in [0.15, 0.2) is 0 Å². The lowest BCUT2D eigenvalue weighted by atomic mass is 10.1. The van der Waals surface area contributed by atoms with Crippen molar-refractivity contribution in [2.75, 3.05) is 25.5 Å². The van der Waals surface area contributed by atoms with Crippen LogP contribution in [0.5, 0.6) is 5.75 Å². The third-order valence-electron chi connectivity index (χ3n) is 6.37. The lowest BCUT2D eigenvalue weighted by Crippen LogP contribution is -2.35. The topological polar surface area (TPSA) is 103 Å². The SMILES string of the molecule is CN1CCC(Oc2ccc(C(=O)Nc3ccc(F)c(-c4cn(CCc5cn(C)nn5)nn4)c3)cc2)CC1. The number of anilines is 1. The molecule has 0 atom stereocenters. The lowest BCUT2D eigenvalue weighted by molar-refractivity contribution is 0.102. The van der Waals surface area contributed by atoms with Crippen LogP contribution in [0.3, 0.4) is 0 Å². The molecule has 11 heteroatoms. The summed E-state index contributed by atoms with van der Waals surface area (Å²) in [4.78, 5) is 15.1. The van der Waals surface area contributed by atoms with Gasteiger partial charge in [-0.3, -0.25) is 14.2 Å². The summed E-state index contributed by atoms with van der Waals surface area (Å²) < 4.78 is 23.9. The van der Waals surface area contributed by atoms with Crippen molar-refractivity contribution in [2.45, 2.75) is 31.9 Å². The number of piperidine rings is 1.